The van der Waals surface area contributed by atoms with Crippen molar-refractivity contribution in [3.05, 3.63) is 35.9 Å². The maximum Gasteiger partial charge on any atom is 0.248 e. The summed E-state index contributed by atoms with van der Waals surface area (Å²) in [5.41, 5.74) is 0.999. The average molecular weight is 400 g/mol. The van der Waals surface area contributed by atoms with Gasteiger partial charge in [-0.15, -0.1) is 0 Å². The Bertz CT molecular complexity index is 684. The molecule has 2 amide bonds. The molecule has 0 unspecified atom stereocenters. The number of piperidine rings is 1. The van der Waals surface area contributed by atoms with Crippen molar-refractivity contribution < 1.29 is 14.3 Å². The Kier molecular flexibility index (Phi) is 6.82. The van der Waals surface area contributed by atoms with E-state index in [1.54, 1.807) is 0 Å². The van der Waals surface area contributed by atoms with Crippen LogP contribution in [-0.2, 0) is 20.7 Å². The van der Waals surface area contributed by atoms with Gasteiger partial charge in [0.15, 0.2) is 0 Å². The number of carbonyl (C=O) groups is 2. The molecule has 1 saturated carbocycles. The first kappa shape index (κ1) is 20.4. The Morgan fingerprint density at radius 3 is 2.48 bits per heavy atom. The predicted molar refractivity (Wildman–Crippen MR) is 111 cm³/mol. The number of likely N-dealkylation sites (tertiary alicyclic amines) is 1. The van der Waals surface area contributed by atoms with Crippen molar-refractivity contribution in [1.82, 2.24) is 15.1 Å². The molecule has 1 N–H and O–H groups in total. The zero-order chi connectivity index (χ0) is 20.1. The second-order valence-corrected chi connectivity index (χ2v) is 8.89. The lowest BCUT2D eigenvalue weighted by molar-refractivity contribution is -0.150. The quantitative estimate of drug-likeness (QED) is 0.723. The molecule has 2 saturated heterocycles. The Morgan fingerprint density at radius 2 is 1.76 bits per heavy atom. The fraction of sp³-hybridized carbons (Fsp3) is 0.652. The molecule has 3 fully saturated rings. The molecule has 0 spiro atoms. The van der Waals surface area contributed by atoms with Gasteiger partial charge in [0.2, 0.25) is 11.8 Å². The van der Waals surface area contributed by atoms with Gasteiger partial charge in [0, 0.05) is 26.2 Å². The van der Waals surface area contributed by atoms with Crippen LogP contribution in [0.4, 0.5) is 0 Å². The summed E-state index contributed by atoms with van der Waals surface area (Å²) >= 11 is 0. The predicted octanol–water partition coefficient (Wildman–Crippen LogP) is 1.69. The summed E-state index contributed by atoms with van der Waals surface area (Å²) in [7, 11) is 0. The van der Waals surface area contributed by atoms with Crippen LogP contribution < -0.4 is 5.32 Å². The fourth-order valence-corrected chi connectivity index (χ4v) is 4.38. The van der Waals surface area contributed by atoms with Crippen LogP contribution in [0.5, 0.6) is 0 Å². The number of rotatable bonds is 8. The van der Waals surface area contributed by atoms with E-state index in [0.29, 0.717) is 25.4 Å². The van der Waals surface area contributed by atoms with Gasteiger partial charge in [-0.3, -0.25) is 9.59 Å². The minimum Gasteiger partial charge on any atom is -0.365 e. The van der Waals surface area contributed by atoms with Crippen LogP contribution in [-0.4, -0.2) is 73.6 Å². The molecule has 0 radical (unpaired) electrons. The monoisotopic (exact) mass is 399 g/mol. The molecule has 0 bridgehead atoms. The molecular formula is C23H33N3O3. The SMILES string of the molecule is O=C(Cc1ccccc1)NC[C@@H]1CN(CC2CCN(CC3CC3)CC2)C(=O)CO1. The van der Waals surface area contributed by atoms with Gasteiger partial charge < -0.3 is 19.9 Å². The molecule has 3 aliphatic rings. The van der Waals surface area contributed by atoms with Crippen molar-refractivity contribution in [3.63, 3.8) is 0 Å². The van der Waals surface area contributed by atoms with E-state index in [4.69, 9.17) is 4.74 Å². The lowest BCUT2D eigenvalue weighted by Crippen LogP contribution is -2.52. The van der Waals surface area contributed by atoms with Crippen molar-refractivity contribution in [2.24, 2.45) is 11.8 Å². The molecule has 1 aliphatic carbocycles. The van der Waals surface area contributed by atoms with E-state index in [9.17, 15) is 9.59 Å². The summed E-state index contributed by atoms with van der Waals surface area (Å²) in [4.78, 5) is 29.0. The van der Waals surface area contributed by atoms with Crippen LogP contribution in [0.1, 0.15) is 31.2 Å². The molecule has 1 atom stereocenters. The molecule has 2 heterocycles. The minimum atomic E-state index is -0.123. The molecule has 0 aromatic heterocycles. The number of hydrogen-bond donors (Lipinski definition) is 1. The second-order valence-electron chi connectivity index (χ2n) is 8.89. The van der Waals surface area contributed by atoms with E-state index in [2.05, 4.69) is 10.2 Å². The third kappa shape index (κ3) is 6.28. The number of nitrogens with one attached hydrogen (secondary N) is 1. The summed E-state index contributed by atoms with van der Waals surface area (Å²) in [6, 6.07) is 9.72. The maximum absolute atomic E-state index is 12.3. The zero-order valence-electron chi connectivity index (χ0n) is 17.2. The smallest absolute Gasteiger partial charge is 0.248 e. The molecule has 29 heavy (non-hydrogen) atoms. The molecule has 158 valence electrons. The normalized spacial score (nSPS) is 23.9. The van der Waals surface area contributed by atoms with E-state index in [-0.39, 0.29) is 24.5 Å². The van der Waals surface area contributed by atoms with Gasteiger partial charge in [0.25, 0.3) is 0 Å². The van der Waals surface area contributed by atoms with E-state index in [1.165, 1.54) is 45.3 Å². The van der Waals surface area contributed by atoms with Crippen LogP contribution in [0.15, 0.2) is 30.3 Å². The second kappa shape index (κ2) is 9.72. The van der Waals surface area contributed by atoms with Crippen molar-refractivity contribution in [3.8, 4) is 0 Å². The molecule has 6 heteroatoms. The minimum absolute atomic E-state index is 0.00807. The third-order valence-electron chi connectivity index (χ3n) is 6.35. The van der Waals surface area contributed by atoms with Gasteiger partial charge in [-0.2, -0.15) is 0 Å². The van der Waals surface area contributed by atoms with Crippen LogP contribution in [0.3, 0.4) is 0 Å². The van der Waals surface area contributed by atoms with Gasteiger partial charge in [-0.05, 0) is 56.2 Å². The van der Waals surface area contributed by atoms with Crippen molar-refractivity contribution >= 4 is 11.8 Å². The molecule has 4 rings (SSSR count). The summed E-state index contributed by atoms with van der Waals surface area (Å²) < 4.78 is 5.66. The number of morpholine rings is 1. The molecule has 1 aromatic carbocycles. The molecule has 6 nitrogen and oxygen atoms in total. The summed E-state index contributed by atoms with van der Waals surface area (Å²) in [5.74, 6) is 1.61. The van der Waals surface area contributed by atoms with E-state index in [1.807, 2.05) is 35.2 Å². The van der Waals surface area contributed by atoms with E-state index in [0.717, 1.165) is 18.0 Å². The Balaban J connectivity index is 1.18. The van der Waals surface area contributed by atoms with Crippen LogP contribution in [0.2, 0.25) is 0 Å². The summed E-state index contributed by atoms with van der Waals surface area (Å²) in [6.45, 7) is 5.58. The lowest BCUT2D eigenvalue weighted by atomic mass is 9.95. The van der Waals surface area contributed by atoms with Crippen LogP contribution in [0, 0.1) is 11.8 Å². The highest BCUT2D eigenvalue weighted by molar-refractivity contribution is 5.79. The van der Waals surface area contributed by atoms with Gasteiger partial charge in [0.05, 0.1) is 12.5 Å². The van der Waals surface area contributed by atoms with Crippen molar-refractivity contribution in [2.45, 2.75) is 38.2 Å². The molecular weight excluding hydrogens is 366 g/mol. The summed E-state index contributed by atoms with van der Waals surface area (Å²) in [5, 5.41) is 2.96. The highest BCUT2D eigenvalue weighted by Crippen LogP contribution is 2.31. The third-order valence-corrected chi connectivity index (χ3v) is 6.35. The Morgan fingerprint density at radius 1 is 1.03 bits per heavy atom. The zero-order valence-corrected chi connectivity index (χ0v) is 17.2. The number of nitrogens with zero attached hydrogens (tertiary/aromatic N) is 2. The van der Waals surface area contributed by atoms with Crippen molar-refractivity contribution in [2.75, 3.05) is 45.9 Å². The molecule has 2 aliphatic heterocycles. The largest absolute Gasteiger partial charge is 0.365 e. The van der Waals surface area contributed by atoms with Crippen LogP contribution in [0.25, 0.3) is 0 Å². The topological polar surface area (TPSA) is 61.9 Å². The van der Waals surface area contributed by atoms with Gasteiger partial charge >= 0.3 is 0 Å². The average Bonchev–Trinajstić information content (AvgIpc) is 3.55. The molecule has 1 aromatic rings. The standard InChI is InChI=1S/C23H33N3O3/c27-22(12-18-4-2-1-3-5-18)24-13-21-16-26(23(28)17-29-21)15-20-8-10-25(11-9-20)14-19-6-7-19/h1-5,19-21H,6-17H2,(H,24,27)/t21-/m1/s1. The Hall–Kier alpha value is -1.92. The number of benzene rings is 1. The van der Waals surface area contributed by atoms with E-state index < -0.39 is 0 Å². The summed E-state index contributed by atoms with van der Waals surface area (Å²) in [6.07, 6.45) is 5.42. The van der Waals surface area contributed by atoms with Gasteiger partial charge in [-0.25, -0.2) is 0 Å². The lowest BCUT2D eigenvalue weighted by Gasteiger charge is -2.38. The fourth-order valence-electron chi connectivity index (χ4n) is 4.38. The van der Waals surface area contributed by atoms with Crippen molar-refractivity contribution in [1.29, 1.82) is 0 Å². The highest BCUT2D eigenvalue weighted by Gasteiger charge is 2.31. The van der Waals surface area contributed by atoms with Gasteiger partial charge in [-0.1, -0.05) is 30.3 Å². The first-order chi connectivity index (χ1) is 14.2. The Labute approximate surface area is 173 Å². The number of ether oxygens (including phenoxy) is 1. The first-order valence-corrected chi connectivity index (χ1v) is 11.1. The van der Waals surface area contributed by atoms with Crippen LogP contribution >= 0.6 is 0 Å². The number of carbonyl (C=O) groups excluding carboxylic acids is 2. The maximum atomic E-state index is 12.3. The first-order valence-electron chi connectivity index (χ1n) is 11.1. The number of hydrogen-bond acceptors (Lipinski definition) is 4. The van der Waals surface area contributed by atoms with Gasteiger partial charge in [0.1, 0.15) is 6.61 Å². The number of amides is 2. The van der Waals surface area contributed by atoms with E-state index >= 15 is 0 Å². The highest BCUT2D eigenvalue weighted by atomic mass is 16.5.